The lowest BCUT2D eigenvalue weighted by molar-refractivity contribution is -0.122. The number of benzene rings is 1. The van der Waals surface area contributed by atoms with Crippen LogP contribution in [0.5, 0.6) is 0 Å². The second kappa shape index (κ2) is 7.17. The quantitative estimate of drug-likeness (QED) is 0.903. The van der Waals surface area contributed by atoms with Crippen LogP contribution in [0.25, 0.3) is 10.2 Å². The summed E-state index contributed by atoms with van der Waals surface area (Å²) in [5, 5.41) is 4.21. The summed E-state index contributed by atoms with van der Waals surface area (Å²) < 4.78 is 6.81. The van der Waals surface area contributed by atoms with Crippen molar-refractivity contribution in [3.05, 3.63) is 29.3 Å². The van der Waals surface area contributed by atoms with Crippen molar-refractivity contribution in [3.8, 4) is 0 Å². The maximum atomic E-state index is 12.3. The molecule has 0 spiro atoms. The van der Waals surface area contributed by atoms with Gasteiger partial charge in [0, 0.05) is 12.8 Å². The van der Waals surface area contributed by atoms with Crippen LogP contribution < -0.4 is 5.32 Å². The molecule has 1 aromatic carbocycles. The van der Waals surface area contributed by atoms with E-state index in [0.717, 1.165) is 30.2 Å². The standard InChI is InChI=1S/C18H23N3O2S/c22-17(7-8-18-20-13-5-1-2-6-16(13)24-18)19-14-11-23-12-15(14)21-9-3-4-10-21/h1-2,5-6,14-15H,3-4,7-12H2,(H,19,22)/t14-,15-/m1/s1. The number of fused-ring (bicyclic) bond motifs is 1. The van der Waals surface area contributed by atoms with Crippen molar-refractivity contribution in [2.75, 3.05) is 26.3 Å². The first-order valence-corrected chi connectivity index (χ1v) is 9.57. The number of hydrogen-bond donors (Lipinski definition) is 1. The fourth-order valence-electron chi connectivity index (χ4n) is 3.64. The number of thiazole rings is 1. The molecule has 0 aliphatic carbocycles. The van der Waals surface area contributed by atoms with Crippen molar-refractivity contribution in [1.29, 1.82) is 0 Å². The molecule has 2 atom stereocenters. The molecule has 2 saturated heterocycles. The highest BCUT2D eigenvalue weighted by molar-refractivity contribution is 7.18. The van der Waals surface area contributed by atoms with E-state index in [9.17, 15) is 4.79 Å². The number of likely N-dealkylation sites (tertiary alicyclic amines) is 1. The SMILES string of the molecule is O=C(CCc1nc2ccccc2s1)N[C@@H]1COC[C@H]1N1CCCC1. The fourth-order valence-corrected chi connectivity index (χ4v) is 4.61. The number of para-hydroxylation sites is 1. The molecular weight excluding hydrogens is 322 g/mol. The maximum absolute atomic E-state index is 12.3. The van der Waals surface area contributed by atoms with E-state index in [1.807, 2.05) is 18.2 Å². The number of nitrogens with one attached hydrogen (secondary N) is 1. The minimum Gasteiger partial charge on any atom is -0.378 e. The van der Waals surface area contributed by atoms with E-state index in [0.29, 0.717) is 25.5 Å². The molecule has 1 N–H and O–H groups in total. The molecule has 2 aromatic rings. The van der Waals surface area contributed by atoms with Crippen molar-refractivity contribution >= 4 is 27.5 Å². The zero-order valence-corrected chi connectivity index (χ0v) is 14.6. The van der Waals surface area contributed by atoms with Crippen LogP contribution >= 0.6 is 11.3 Å². The van der Waals surface area contributed by atoms with Crippen LogP contribution in [0.2, 0.25) is 0 Å². The largest absolute Gasteiger partial charge is 0.378 e. The van der Waals surface area contributed by atoms with E-state index in [1.54, 1.807) is 11.3 Å². The number of rotatable bonds is 5. The normalized spacial score (nSPS) is 24.7. The molecule has 1 amide bonds. The van der Waals surface area contributed by atoms with E-state index in [-0.39, 0.29) is 11.9 Å². The summed E-state index contributed by atoms with van der Waals surface area (Å²) >= 11 is 1.68. The average Bonchev–Trinajstić information content (AvgIpc) is 3.32. The number of amides is 1. The van der Waals surface area contributed by atoms with E-state index >= 15 is 0 Å². The number of carbonyl (C=O) groups is 1. The van der Waals surface area contributed by atoms with Gasteiger partial charge in [-0.15, -0.1) is 11.3 Å². The smallest absolute Gasteiger partial charge is 0.220 e. The molecule has 0 bridgehead atoms. The summed E-state index contributed by atoms with van der Waals surface area (Å²) in [6, 6.07) is 8.59. The fraction of sp³-hybridized carbons (Fsp3) is 0.556. The highest BCUT2D eigenvalue weighted by Gasteiger charge is 2.35. The Hall–Kier alpha value is -1.50. The minimum atomic E-state index is 0.106. The molecule has 4 rings (SSSR count). The van der Waals surface area contributed by atoms with E-state index in [2.05, 4.69) is 21.3 Å². The van der Waals surface area contributed by atoms with Gasteiger partial charge in [-0.25, -0.2) is 4.98 Å². The predicted octanol–water partition coefficient (Wildman–Crippen LogP) is 2.21. The van der Waals surface area contributed by atoms with Gasteiger partial charge in [-0.1, -0.05) is 12.1 Å². The Morgan fingerprint density at radius 1 is 1.29 bits per heavy atom. The molecule has 0 saturated carbocycles. The first-order chi connectivity index (χ1) is 11.8. The monoisotopic (exact) mass is 345 g/mol. The first kappa shape index (κ1) is 16.0. The second-order valence-electron chi connectivity index (χ2n) is 6.60. The van der Waals surface area contributed by atoms with E-state index in [1.165, 1.54) is 17.5 Å². The summed E-state index contributed by atoms with van der Waals surface area (Å²) in [6.45, 7) is 3.63. The van der Waals surface area contributed by atoms with Gasteiger partial charge < -0.3 is 10.1 Å². The van der Waals surface area contributed by atoms with Gasteiger partial charge >= 0.3 is 0 Å². The summed E-state index contributed by atoms with van der Waals surface area (Å²) in [5.74, 6) is 0.106. The van der Waals surface area contributed by atoms with Crippen LogP contribution in [0.15, 0.2) is 24.3 Å². The average molecular weight is 345 g/mol. The van der Waals surface area contributed by atoms with Gasteiger partial charge in [-0.3, -0.25) is 9.69 Å². The number of nitrogens with zero attached hydrogens (tertiary/aromatic N) is 2. The van der Waals surface area contributed by atoms with Crippen LogP contribution in [0, 0.1) is 0 Å². The van der Waals surface area contributed by atoms with Gasteiger partial charge in [-0.2, -0.15) is 0 Å². The molecular formula is C18H23N3O2S. The third kappa shape index (κ3) is 3.45. The third-order valence-electron chi connectivity index (χ3n) is 4.91. The van der Waals surface area contributed by atoms with E-state index in [4.69, 9.17) is 4.74 Å². The first-order valence-electron chi connectivity index (χ1n) is 8.75. The van der Waals surface area contributed by atoms with Crippen molar-refractivity contribution in [2.24, 2.45) is 0 Å². The van der Waals surface area contributed by atoms with Crippen LogP contribution in [-0.2, 0) is 16.0 Å². The third-order valence-corrected chi connectivity index (χ3v) is 6.01. The van der Waals surface area contributed by atoms with Gasteiger partial charge in [0.05, 0.1) is 40.5 Å². The summed E-state index contributed by atoms with van der Waals surface area (Å²) in [4.78, 5) is 19.4. The van der Waals surface area contributed by atoms with Gasteiger partial charge in [-0.05, 0) is 38.1 Å². The van der Waals surface area contributed by atoms with E-state index < -0.39 is 0 Å². The number of aromatic nitrogens is 1. The summed E-state index contributed by atoms with van der Waals surface area (Å²) in [6.07, 6.45) is 3.71. The van der Waals surface area contributed by atoms with Crippen LogP contribution in [0.3, 0.4) is 0 Å². The van der Waals surface area contributed by atoms with Crippen molar-refractivity contribution < 1.29 is 9.53 Å². The Balaban J connectivity index is 1.31. The highest BCUT2D eigenvalue weighted by Crippen LogP contribution is 2.23. The molecule has 6 heteroatoms. The topological polar surface area (TPSA) is 54.5 Å². The van der Waals surface area contributed by atoms with Gasteiger partial charge in [0.25, 0.3) is 0 Å². The molecule has 2 aliphatic rings. The molecule has 128 valence electrons. The molecule has 2 aliphatic heterocycles. The van der Waals surface area contributed by atoms with Gasteiger partial charge in [0.15, 0.2) is 0 Å². The van der Waals surface area contributed by atoms with Crippen molar-refractivity contribution in [3.63, 3.8) is 0 Å². The summed E-state index contributed by atoms with van der Waals surface area (Å²) in [7, 11) is 0. The molecule has 0 radical (unpaired) electrons. The molecule has 0 unspecified atom stereocenters. The molecule has 2 fully saturated rings. The zero-order valence-electron chi connectivity index (χ0n) is 13.7. The van der Waals surface area contributed by atoms with Gasteiger partial charge in [0.2, 0.25) is 5.91 Å². The van der Waals surface area contributed by atoms with Crippen LogP contribution in [0.4, 0.5) is 0 Å². The van der Waals surface area contributed by atoms with Crippen molar-refractivity contribution in [2.45, 2.75) is 37.8 Å². The molecule has 5 nitrogen and oxygen atoms in total. The Labute approximate surface area is 146 Å². The molecule has 24 heavy (non-hydrogen) atoms. The predicted molar refractivity (Wildman–Crippen MR) is 95.3 cm³/mol. The second-order valence-corrected chi connectivity index (χ2v) is 7.71. The van der Waals surface area contributed by atoms with Crippen molar-refractivity contribution in [1.82, 2.24) is 15.2 Å². The number of hydrogen-bond acceptors (Lipinski definition) is 5. The lowest BCUT2D eigenvalue weighted by atomic mass is 10.1. The number of aryl methyl sites for hydroxylation is 1. The van der Waals surface area contributed by atoms with Crippen LogP contribution in [-0.4, -0.2) is 54.2 Å². The van der Waals surface area contributed by atoms with Crippen LogP contribution in [0.1, 0.15) is 24.3 Å². The minimum absolute atomic E-state index is 0.106. The lowest BCUT2D eigenvalue weighted by Crippen LogP contribution is -2.50. The highest BCUT2D eigenvalue weighted by atomic mass is 32.1. The Morgan fingerprint density at radius 3 is 2.96 bits per heavy atom. The Kier molecular flexibility index (Phi) is 4.78. The Bertz CT molecular complexity index is 678. The number of carbonyl (C=O) groups excluding carboxylic acids is 1. The Morgan fingerprint density at radius 2 is 2.12 bits per heavy atom. The van der Waals surface area contributed by atoms with Gasteiger partial charge in [0.1, 0.15) is 0 Å². The lowest BCUT2D eigenvalue weighted by Gasteiger charge is -2.27. The molecule has 1 aromatic heterocycles. The summed E-state index contributed by atoms with van der Waals surface area (Å²) in [5.41, 5.74) is 1.02. The number of ether oxygens (including phenoxy) is 1. The maximum Gasteiger partial charge on any atom is 0.220 e. The molecule has 3 heterocycles. The zero-order chi connectivity index (χ0) is 16.4.